The highest BCUT2D eigenvalue weighted by Gasteiger charge is 2.06. The van der Waals surface area contributed by atoms with Crippen LogP contribution in [0.15, 0.2) is 42.6 Å². The van der Waals surface area contributed by atoms with Crippen molar-refractivity contribution < 1.29 is 4.79 Å². The lowest BCUT2D eigenvalue weighted by molar-refractivity contribution is 0.0954. The van der Waals surface area contributed by atoms with Crippen LogP contribution in [0.4, 0.5) is 5.82 Å². The van der Waals surface area contributed by atoms with Gasteiger partial charge in [0.05, 0.1) is 5.56 Å². The van der Waals surface area contributed by atoms with E-state index in [1.165, 1.54) is 11.1 Å². The van der Waals surface area contributed by atoms with Crippen LogP contribution in [0.1, 0.15) is 21.5 Å². The van der Waals surface area contributed by atoms with Gasteiger partial charge in [-0.2, -0.15) is 0 Å². The molecule has 1 amide bonds. The van der Waals surface area contributed by atoms with E-state index in [1.807, 2.05) is 37.2 Å². The molecule has 1 aromatic heterocycles. The Morgan fingerprint density at radius 2 is 1.95 bits per heavy atom. The number of aromatic nitrogens is 1. The molecule has 1 N–H and O–H groups in total. The monoisotopic (exact) mass is 283 g/mol. The molecule has 0 radical (unpaired) electrons. The summed E-state index contributed by atoms with van der Waals surface area (Å²) in [4.78, 5) is 18.2. The lowest BCUT2D eigenvalue weighted by Crippen LogP contribution is -2.26. The van der Waals surface area contributed by atoms with E-state index in [1.54, 1.807) is 12.3 Å². The summed E-state index contributed by atoms with van der Waals surface area (Å²) < 4.78 is 0. The highest BCUT2D eigenvalue weighted by molar-refractivity contribution is 5.94. The van der Waals surface area contributed by atoms with Gasteiger partial charge in [0.25, 0.3) is 5.91 Å². The number of aryl methyl sites for hydroxylation is 1. The zero-order valence-electron chi connectivity index (χ0n) is 12.8. The molecule has 0 unspecified atom stereocenters. The van der Waals surface area contributed by atoms with Crippen LogP contribution in [-0.4, -0.2) is 31.5 Å². The van der Waals surface area contributed by atoms with Gasteiger partial charge >= 0.3 is 0 Å². The fraction of sp³-hybridized carbons (Fsp3) is 0.294. The van der Waals surface area contributed by atoms with Gasteiger partial charge in [-0.15, -0.1) is 0 Å². The summed E-state index contributed by atoms with van der Waals surface area (Å²) in [5, 5.41) is 2.93. The van der Waals surface area contributed by atoms with Gasteiger partial charge in [-0.05, 0) is 36.6 Å². The Balaban J connectivity index is 1.88. The minimum Gasteiger partial charge on any atom is -0.363 e. The number of anilines is 1. The Bertz CT molecular complexity index is 606. The first-order valence-corrected chi connectivity index (χ1v) is 7.04. The van der Waals surface area contributed by atoms with E-state index >= 15 is 0 Å². The molecule has 0 atom stereocenters. The summed E-state index contributed by atoms with van der Waals surface area (Å²) in [5.41, 5.74) is 3.10. The largest absolute Gasteiger partial charge is 0.363 e. The quantitative estimate of drug-likeness (QED) is 0.916. The summed E-state index contributed by atoms with van der Waals surface area (Å²) >= 11 is 0. The summed E-state index contributed by atoms with van der Waals surface area (Å²) in [7, 11) is 3.84. The van der Waals surface area contributed by atoms with Crippen LogP contribution in [0.2, 0.25) is 0 Å². The smallest absolute Gasteiger partial charge is 0.252 e. The van der Waals surface area contributed by atoms with E-state index in [0.717, 1.165) is 12.2 Å². The number of pyridine rings is 1. The van der Waals surface area contributed by atoms with E-state index in [9.17, 15) is 4.79 Å². The van der Waals surface area contributed by atoms with Crippen molar-refractivity contribution in [2.45, 2.75) is 13.3 Å². The first-order chi connectivity index (χ1) is 10.1. The minimum atomic E-state index is -0.0820. The second-order valence-electron chi connectivity index (χ2n) is 5.23. The molecule has 1 heterocycles. The van der Waals surface area contributed by atoms with Crippen LogP contribution in [0.3, 0.4) is 0 Å². The molecule has 0 saturated heterocycles. The number of nitrogens with zero attached hydrogens (tertiary/aromatic N) is 2. The van der Waals surface area contributed by atoms with E-state index in [2.05, 4.69) is 29.4 Å². The Kier molecular flexibility index (Phi) is 4.93. The van der Waals surface area contributed by atoms with Crippen molar-refractivity contribution in [1.29, 1.82) is 0 Å². The molecule has 0 spiro atoms. The molecule has 110 valence electrons. The number of hydrogen-bond donors (Lipinski definition) is 1. The summed E-state index contributed by atoms with van der Waals surface area (Å²) in [5.74, 6) is 0.757. The molecule has 0 aliphatic rings. The molecule has 1 aromatic carbocycles. The van der Waals surface area contributed by atoms with Crippen molar-refractivity contribution >= 4 is 11.7 Å². The Morgan fingerprint density at radius 3 is 2.57 bits per heavy atom. The number of nitrogens with one attached hydrogen (secondary N) is 1. The van der Waals surface area contributed by atoms with Crippen LogP contribution in [-0.2, 0) is 6.42 Å². The molecule has 0 bridgehead atoms. The third-order valence-corrected chi connectivity index (χ3v) is 3.41. The van der Waals surface area contributed by atoms with Gasteiger partial charge in [-0.25, -0.2) is 4.98 Å². The molecule has 4 heteroatoms. The molecule has 2 aromatic rings. The van der Waals surface area contributed by atoms with E-state index < -0.39 is 0 Å². The third kappa shape index (κ3) is 4.05. The highest BCUT2D eigenvalue weighted by Crippen LogP contribution is 2.09. The molecule has 4 nitrogen and oxygen atoms in total. The van der Waals surface area contributed by atoms with Crippen molar-refractivity contribution in [3.8, 4) is 0 Å². The molecule has 0 fully saturated rings. The standard InChI is InChI=1S/C17H21N3O/c1-13-6-4-5-7-14(13)10-11-18-17(21)15-8-9-16(19-12-15)20(2)3/h4-9,12H,10-11H2,1-3H3,(H,18,21). The van der Waals surface area contributed by atoms with E-state index in [-0.39, 0.29) is 5.91 Å². The fourth-order valence-electron chi connectivity index (χ4n) is 2.09. The zero-order chi connectivity index (χ0) is 15.2. The summed E-state index contributed by atoms with van der Waals surface area (Å²) in [6, 6.07) is 11.9. The van der Waals surface area contributed by atoms with Crippen LogP contribution >= 0.6 is 0 Å². The van der Waals surface area contributed by atoms with Crippen molar-refractivity contribution in [1.82, 2.24) is 10.3 Å². The fourth-order valence-corrected chi connectivity index (χ4v) is 2.09. The summed E-state index contributed by atoms with van der Waals surface area (Å²) in [6.45, 7) is 2.71. The van der Waals surface area contributed by atoms with Crippen molar-refractivity contribution in [3.05, 3.63) is 59.3 Å². The van der Waals surface area contributed by atoms with Gasteiger partial charge in [0.15, 0.2) is 0 Å². The zero-order valence-corrected chi connectivity index (χ0v) is 12.8. The molecule has 0 aliphatic heterocycles. The van der Waals surface area contributed by atoms with E-state index in [4.69, 9.17) is 0 Å². The van der Waals surface area contributed by atoms with Crippen molar-refractivity contribution in [3.63, 3.8) is 0 Å². The minimum absolute atomic E-state index is 0.0820. The predicted molar refractivity (Wildman–Crippen MR) is 85.8 cm³/mol. The third-order valence-electron chi connectivity index (χ3n) is 3.41. The Morgan fingerprint density at radius 1 is 1.19 bits per heavy atom. The maximum absolute atomic E-state index is 12.0. The average molecular weight is 283 g/mol. The van der Waals surface area contributed by atoms with Gasteiger partial charge in [-0.1, -0.05) is 24.3 Å². The van der Waals surface area contributed by atoms with Gasteiger partial charge < -0.3 is 10.2 Å². The number of hydrogen-bond acceptors (Lipinski definition) is 3. The SMILES string of the molecule is Cc1ccccc1CCNC(=O)c1ccc(N(C)C)nc1. The maximum atomic E-state index is 12.0. The normalized spacial score (nSPS) is 10.2. The van der Waals surface area contributed by atoms with Crippen LogP contribution in [0.25, 0.3) is 0 Å². The second-order valence-corrected chi connectivity index (χ2v) is 5.23. The number of carbonyl (C=O) groups is 1. The van der Waals surface area contributed by atoms with Gasteiger partial charge in [0.2, 0.25) is 0 Å². The summed E-state index contributed by atoms with van der Waals surface area (Å²) in [6.07, 6.45) is 2.44. The average Bonchev–Trinajstić information content (AvgIpc) is 2.49. The van der Waals surface area contributed by atoms with Gasteiger partial charge in [0, 0.05) is 26.8 Å². The Hall–Kier alpha value is -2.36. The van der Waals surface area contributed by atoms with Gasteiger partial charge in [-0.3, -0.25) is 4.79 Å². The number of carbonyl (C=O) groups excluding carboxylic acids is 1. The lowest BCUT2D eigenvalue weighted by Gasteiger charge is -2.11. The number of benzene rings is 1. The maximum Gasteiger partial charge on any atom is 0.252 e. The van der Waals surface area contributed by atoms with Crippen LogP contribution in [0.5, 0.6) is 0 Å². The first kappa shape index (κ1) is 15.0. The van der Waals surface area contributed by atoms with E-state index in [0.29, 0.717) is 12.1 Å². The number of amides is 1. The van der Waals surface area contributed by atoms with Crippen LogP contribution < -0.4 is 10.2 Å². The highest BCUT2D eigenvalue weighted by atomic mass is 16.1. The Labute approximate surface area is 125 Å². The topological polar surface area (TPSA) is 45.2 Å². The van der Waals surface area contributed by atoms with Crippen molar-refractivity contribution in [2.24, 2.45) is 0 Å². The molecule has 0 aliphatic carbocycles. The van der Waals surface area contributed by atoms with Crippen molar-refractivity contribution in [2.75, 3.05) is 25.5 Å². The molecule has 21 heavy (non-hydrogen) atoms. The van der Waals surface area contributed by atoms with Crippen LogP contribution in [0, 0.1) is 6.92 Å². The molecule has 2 rings (SSSR count). The first-order valence-electron chi connectivity index (χ1n) is 7.04. The second kappa shape index (κ2) is 6.88. The predicted octanol–water partition coefficient (Wildman–Crippen LogP) is 2.43. The van der Waals surface area contributed by atoms with Gasteiger partial charge in [0.1, 0.15) is 5.82 Å². The molecule has 0 saturated carbocycles. The molecular weight excluding hydrogens is 262 g/mol. The molecular formula is C17H21N3O. The lowest BCUT2D eigenvalue weighted by atomic mass is 10.1. The number of rotatable bonds is 5.